The van der Waals surface area contributed by atoms with Crippen molar-refractivity contribution < 1.29 is 5.11 Å². The van der Waals surface area contributed by atoms with Gasteiger partial charge >= 0.3 is 0 Å². The molecule has 0 aliphatic carbocycles. The van der Waals surface area contributed by atoms with E-state index in [4.69, 9.17) is 0 Å². The summed E-state index contributed by atoms with van der Waals surface area (Å²) in [4.78, 5) is 2.40. The van der Waals surface area contributed by atoms with Gasteiger partial charge in [-0.1, -0.05) is 52.0 Å². The van der Waals surface area contributed by atoms with Crippen LogP contribution in [-0.4, -0.2) is 42.7 Å². The zero-order valence-corrected chi connectivity index (χ0v) is 14.1. The van der Waals surface area contributed by atoms with Crippen molar-refractivity contribution >= 4 is 0 Å². The summed E-state index contributed by atoms with van der Waals surface area (Å²) in [5, 5.41) is 13.6. The minimum absolute atomic E-state index is 0.368. The predicted octanol–water partition coefficient (Wildman–Crippen LogP) is 3.16. The van der Waals surface area contributed by atoms with Crippen molar-refractivity contribution in [3.8, 4) is 0 Å². The fourth-order valence-electron chi connectivity index (χ4n) is 2.41. The van der Waals surface area contributed by atoms with Crippen LogP contribution >= 0.6 is 0 Å². The van der Waals surface area contributed by atoms with Gasteiger partial charge in [-0.3, -0.25) is 0 Å². The van der Waals surface area contributed by atoms with E-state index in [0.717, 1.165) is 44.7 Å². The summed E-state index contributed by atoms with van der Waals surface area (Å²) in [6, 6.07) is 8.35. The topological polar surface area (TPSA) is 35.5 Å². The molecular formula is C18H32N2O. The van der Waals surface area contributed by atoms with Crippen molar-refractivity contribution in [3.63, 3.8) is 0 Å². The van der Waals surface area contributed by atoms with Crippen LogP contribution in [0.2, 0.25) is 0 Å². The van der Waals surface area contributed by atoms with E-state index >= 15 is 0 Å². The first-order valence-corrected chi connectivity index (χ1v) is 8.29. The van der Waals surface area contributed by atoms with Gasteiger partial charge in [-0.05, 0) is 43.1 Å². The Kier molecular flexibility index (Phi) is 8.58. The number of aliphatic hydroxyl groups is 1. The van der Waals surface area contributed by atoms with Gasteiger partial charge in [0.2, 0.25) is 0 Å². The van der Waals surface area contributed by atoms with Crippen molar-refractivity contribution in [3.05, 3.63) is 35.4 Å². The minimum atomic E-state index is -0.368. The van der Waals surface area contributed by atoms with Gasteiger partial charge in [-0.15, -0.1) is 0 Å². The smallest absolute Gasteiger partial charge is 0.0802 e. The normalized spacial score (nSPS) is 13.1. The Morgan fingerprint density at radius 1 is 1.00 bits per heavy atom. The van der Waals surface area contributed by atoms with Crippen LogP contribution in [0.1, 0.15) is 57.3 Å². The zero-order chi connectivity index (χ0) is 15.7. The monoisotopic (exact) mass is 292 g/mol. The first kappa shape index (κ1) is 18.1. The second-order valence-electron chi connectivity index (χ2n) is 5.90. The van der Waals surface area contributed by atoms with E-state index in [2.05, 4.69) is 62.2 Å². The highest BCUT2D eigenvalue weighted by Gasteiger charge is 2.08. The summed E-state index contributed by atoms with van der Waals surface area (Å²) < 4.78 is 0. The lowest BCUT2D eigenvalue weighted by atomic mass is 9.99. The molecule has 0 saturated carbocycles. The summed E-state index contributed by atoms with van der Waals surface area (Å²) >= 11 is 0. The van der Waals surface area contributed by atoms with Gasteiger partial charge in [0.1, 0.15) is 0 Å². The maximum atomic E-state index is 10.2. The molecule has 0 aliphatic rings. The number of hydrogen-bond donors (Lipinski definition) is 2. The van der Waals surface area contributed by atoms with Crippen molar-refractivity contribution in [1.82, 2.24) is 10.2 Å². The molecular weight excluding hydrogens is 260 g/mol. The summed E-state index contributed by atoms with van der Waals surface area (Å²) in [6.45, 7) is 13.9. The Labute approximate surface area is 130 Å². The lowest BCUT2D eigenvalue weighted by molar-refractivity contribution is 0.166. The molecule has 0 spiro atoms. The maximum absolute atomic E-state index is 10.2. The van der Waals surface area contributed by atoms with Crippen LogP contribution in [-0.2, 0) is 0 Å². The molecule has 0 aromatic heterocycles. The molecule has 1 atom stereocenters. The second kappa shape index (κ2) is 9.93. The molecule has 0 aliphatic heterocycles. The first-order chi connectivity index (χ1) is 10.1. The van der Waals surface area contributed by atoms with E-state index in [0.29, 0.717) is 5.92 Å². The number of aliphatic hydroxyl groups excluding tert-OH is 1. The molecule has 3 nitrogen and oxygen atoms in total. The Hall–Kier alpha value is -0.900. The van der Waals surface area contributed by atoms with E-state index in [1.807, 2.05) is 0 Å². The number of nitrogens with zero attached hydrogens (tertiary/aromatic N) is 1. The molecule has 0 radical (unpaired) electrons. The Bertz CT molecular complexity index is 371. The van der Waals surface area contributed by atoms with E-state index in [-0.39, 0.29) is 6.10 Å². The lowest BCUT2D eigenvalue weighted by Gasteiger charge is -2.18. The quantitative estimate of drug-likeness (QED) is 0.650. The average molecular weight is 292 g/mol. The van der Waals surface area contributed by atoms with Crippen LogP contribution in [0.3, 0.4) is 0 Å². The fourth-order valence-corrected chi connectivity index (χ4v) is 2.41. The first-order valence-electron chi connectivity index (χ1n) is 8.29. The minimum Gasteiger partial charge on any atom is -0.388 e. The van der Waals surface area contributed by atoms with Gasteiger partial charge in [0.15, 0.2) is 0 Å². The van der Waals surface area contributed by atoms with Crippen molar-refractivity contribution in [2.24, 2.45) is 0 Å². The predicted molar refractivity (Wildman–Crippen MR) is 90.8 cm³/mol. The van der Waals surface area contributed by atoms with Crippen molar-refractivity contribution in [2.45, 2.75) is 46.1 Å². The number of nitrogens with one attached hydrogen (secondary N) is 1. The average Bonchev–Trinajstić information content (AvgIpc) is 2.50. The van der Waals surface area contributed by atoms with E-state index < -0.39 is 0 Å². The largest absolute Gasteiger partial charge is 0.388 e. The highest BCUT2D eigenvalue weighted by Crippen LogP contribution is 2.20. The number of likely N-dealkylation sites (N-methyl/N-ethyl adjacent to an activating group) is 1. The molecule has 0 saturated heterocycles. The molecule has 120 valence electrons. The summed E-state index contributed by atoms with van der Waals surface area (Å²) in [5.41, 5.74) is 2.34. The molecule has 3 heteroatoms. The van der Waals surface area contributed by atoms with E-state index in [1.54, 1.807) is 0 Å². The second-order valence-corrected chi connectivity index (χ2v) is 5.90. The third kappa shape index (κ3) is 6.60. The summed E-state index contributed by atoms with van der Waals surface area (Å²) in [6.07, 6.45) is 0.395. The van der Waals surface area contributed by atoms with E-state index in [1.165, 1.54) is 5.56 Å². The van der Waals surface area contributed by atoms with Crippen LogP contribution in [0.4, 0.5) is 0 Å². The molecule has 1 aromatic carbocycles. The zero-order valence-electron chi connectivity index (χ0n) is 14.1. The standard InChI is InChI=1S/C18H32N2O/c1-5-20(6-2)14-13-19-12-11-18(21)17-9-7-16(8-10-17)15(3)4/h7-10,15,18-19,21H,5-6,11-14H2,1-4H3. The van der Waals surface area contributed by atoms with Gasteiger partial charge in [-0.2, -0.15) is 0 Å². The molecule has 1 aromatic rings. The highest BCUT2D eigenvalue weighted by atomic mass is 16.3. The van der Waals surface area contributed by atoms with Gasteiger partial charge in [0.05, 0.1) is 6.10 Å². The fraction of sp³-hybridized carbons (Fsp3) is 0.667. The van der Waals surface area contributed by atoms with Crippen LogP contribution in [0.5, 0.6) is 0 Å². The van der Waals surface area contributed by atoms with Gasteiger partial charge in [0, 0.05) is 13.1 Å². The van der Waals surface area contributed by atoms with Crippen LogP contribution in [0.15, 0.2) is 24.3 Å². The van der Waals surface area contributed by atoms with Crippen LogP contribution in [0.25, 0.3) is 0 Å². The number of rotatable bonds is 10. The molecule has 0 bridgehead atoms. The van der Waals surface area contributed by atoms with Crippen molar-refractivity contribution in [1.29, 1.82) is 0 Å². The third-order valence-electron chi connectivity index (χ3n) is 4.08. The highest BCUT2D eigenvalue weighted by molar-refractivity contribution is 5.26. The lowest BCUT2D eigenvalue weighted by Crippen LogP contribution is -2.32. The maximum Gasteiger partial charge on any atom is 0.0802 e. The summed E-state index contributed by atoms with van der Waals surface area (Å²) in [5.74, 6) is 0.540. The molecule has 0 amide bonds. The summed E-state index contributed by atoms with van der Waals surface area (Å²) in [7, 11) is 0. The SMILES string of the molecule is CCN(CC)CCNCCC(O)c1ccc(C(C)C)cc1. The van der Waals surface area contributed by atoms with Crippen LogP contribution < -0.4 is 5.32 Å². The Morgan fingerprint density at radius 3 is 2.10 bits per heavy atom. The van der Waals surface area contributed by atoms with Crippen LogP contribution in [0, 0.1) is 0 Å². The van der Waals surface area contributed by atoms with Gasteiger partial charge in [0.25, 0.3) is 0 Å². The Morgan fingerprint density at radius 2 is 1.57 bits per heavy atom. The van der Waals surface area contributed by atoms with Gasteiger partial charge in [-0.25, -0.2) is 0 Å². The molecule has 0 fully saturated rings. The Balaban J connectivity index is 2.25. The van der Waals surface area contributed by atoms with Gasteiger partial charge < -0.3 is 15.3 Å². The third-order valence-corrected chi connectivity index (χ3v) is 4.08. The molecule has 21 heavy (non-hydrogen) atoms. The molecule has 2 N–H and O–H groups in total. The molecule has 1 unspecified atom stereocenters. The van der Waals surface area contributed by atoms with E-state index in [9.17, 15) is 5.11 Å². The molecule has 0 heterocycles. The number of benzene rings is 1. The van der Waals surface area contributed by atoms with Crippen molar-refractivity contribution in [2.75, 3.05) is 32.7 Å². The molecule has 1 rings (SSSR count). The number of hydrogen-bond acceptors (Lipinski definition) is 3.